The summed E-state index contributed by atoms with van der Waals surface area (Å²) in [5, 5.41) is 5.29. The summed E-state index contributed by atoms with van der Waals surface area (Å²) in [6.45, 7) is 5.94. The molecule has 0 N–H and O–H groups in total. The van der Waals surface area contributed by atoms with Gasteiger partial charge in [-0.15, -0.1) is 0 Å². The Kier molecular flexibility index (Phi) is 7.92. The van der Waals surface area contributed by atoms with Crippen LogP contribution < -0.4 is 4.90 Å². The minimum atomic E-state index is -4.51. The van der Waals surface area contributed by atoms with Gasteiger partial charge in [0.1, 0.15) is 22.7 Å². The fraction of sp³-hybridized carbons (Fsp3) is 0.357. The molecule has 0 spiro atoms. The molecule has 0 atom stereocenters. The minimum Gasteiger partial charge on any atom is -0.354 e. The van der Waals surface area contributed by atoms with Crippen LogP contribution >= 0.6 is 23.2 Å². The predicted octanol–water partition coefficient (Wildman–Crippen LogP) is 7.16. The Morgan fingerprint density at radius 2 is 1.85 bits per heavy atom. The van der Waals surface area contributed by atoms with E-state index < -0.39 is 11.7 Å². The lowest BCUT2D eigenvalue weighted by atomic mass is 10.1. The van der Waals surface area contributed by atoms with Crippen molar-refractivity contribution in [2.45, 2.75) is 32.9 Å². The molecule has 1 aliphatic heterocycles. The smallest absolute Gasteiger partial charge is 0.354 e. The van der Waals surface area contributed by atoms with E-state index in [1.54, 1.807) is 23.1 Å². The lowest BCUT2D eigenvalue weighted by molar-refractivity contribution is -0.137. The minimum absolute atomic E-state index is 0.202. The third-order valence-corrected chi connectivity index (χ3v) is 7.21. The van der Waals surface area contributed by atoms with Gasteiger partial charge in [-0.3, -0.25) is 4.79 Å². The Labute approximate surface area is 238 Å². The summed E-state index contributed by atoms with van der Waals surface area (Å²) in [4.78, 5) is 26.4. The Morgan fingerprint density at radius 1 is 1.05 bits per heavy atom. The Balaban J connectivity index is 1.52. The van der Waals surface area contributed by atoms with Gasteiger partial charge in [0.05, 0.1) is 16.1 Å². The summed E-state index contributed by atoms with van der Waals surface area (Å²) >= 11 is 12.3. The average Bonchev–Trinajstić information content (AvgIpc) is 3.16. The van der Waals surface area contributed by atoms with Crippen molar-refractivity contribution in [3.05, 3.63) is 69.5 Å². The van der Waals surface area contributed by atoms with E-state index in [0.29, 0.717) is 66.6 Å². The SMILES string of the molecule is CC(C)Cc1nc(N2CCCN(C(=O)c3ccc(Cl)cc3Cl)CC2)c2c(-c3cccc(C(F)(F)F)c3)noc2n1. The molecule has 5 rings (SSSR count). The molecule has 0 unspecified atom stereocenters. The largest absolute Gasteiger partial charge is 0.416 e. The van der Waals surface area contributed by atoms with E-state index in [4.69, 9.17) is 32.7 Å². The van der Waals surface area contributed by atoms with Crippen LogP contribution in [0.25, 0.3) is 22.4 Å². The maximum atomic E-state index is 13.5. The number of fused-ring (bicyclic) bond motifs is 1. The topological polar surface area (TPSA) is 75.4 Å². The molecule has 2 aromatic heterocycles. The molecule has 0 bridgehead atoms. The highest BCUT2D eigenvalue weighted by atomic mass is 35.5. The van der Waals surface area contributed by atoms with Gasteiger partial charge in [-0.1, -0.05) is 54.3 Å². The van der Waals surface area contributed by atoms with E-state index in [-0.39, 0.29) is 33.8 Å². The third kappa shape index (κ3) is 5.88. The number of rotatable bonds is 5. The number of aromatic nitrogens is 3. The number of hydrogen-bond acceptors (Lipinski definition) is 6. The van der Waals surface area contributed by atoms with Crippen molar-refractivity contribution in [2.24, 2.45) is 5.92 Å². The Bertz CT molecular complexity index is 1560. The molecule has 210 valence electrons. The van der Waals surface area contributed by atoms with Gasteiger partial charge in [-0.05, 0) is 42.7 Å². The van der Waals surface area contributed by atoms with E-state index >= 15 is 0 Å². The van der Waals surface area contributed by atoms with Crippen molar-refractivity contribution in [1.29, 1.82) is 0 Å². The fourth-order valence-electron chi connectivity index (χ4n) is 4.77. The van der Waals surface area contributed by atoms with Gasteiger partial charge in [0, 0.05) is 43.2 Å². The van der Waals surface area contributed by atoms with Crippen LogP contribution in [0.5, 0.6) is 0 Å². The lowest BCUT2D eigenvalue weighted by Gasteiger charge is -2.24. The summed E-state index contributed by atoms with van der Waals surface area (Å²) in [6.07, 6.45) is -3.30. The van der Waals surface area contributed by atoms with Crippen molar-refractivity contribution in [1.82, 2.24) is 20.0 Å². The van der Waals surface area contributed by atoms with E-state index in [2.05, 4.69) is 10.1 Å². The highest BCUT2D eigenvalue weighted by molar-refractivity contribution is 6.36. The number of carbonyl (C=O) groups is 1. The van der Waals surface area contributed by atoms with E-state index in [0.717, 1.165) is 12.1 Å². The van der Waals surface area contributed by atoms with Gasteiger partial charge in [0.25, 0.3) is 11.6 Å². The highest BCUT2D eigenvalue weighted by Gasteiger charge is 2.32. The molecule has 7 nitrogen and oxygen atoms in total. The van der Waals surface area contributed by atoms with E-state index in [1.807, 2.05) is 18.7 Å². The molecule has 0 saturated carbocycles. The van der Waals surface area contributed by atoms with Crippen LogP contribution in [0, 0.1) is 5.92 Å². The second kappa shape index (κ2) is 11.2. The summed E-state index contributed by atoms with van der Waals surface area (Å²) in [6, 6.07) is 9.72. The summed E-state index contributed by atoms with van der Waals surface area (Å²) in [7, 11) is 0. The first-order valence-corrected chi connectivity index (χ1v) is 13.6. The number of halogens is 5. The first kappa shape index (κ1) is 28.2. The zero-order valence-electron chi connectivity index (χ0n) is 21.8. The van der Waals surface area contributed by atoms with E-state index in [9.17, 15) is 18.0 Å². The van der Waals surface area contributed by atoms with Crippen molar-refractivity contribution in [3.63, 3.8) is 0 Å². The Morgan fingerprint density at radius 3 is 2.58 bits per heavy atom. The summed E-state index contributed by atoms with van der Waals surface area (Å²) in [5.41, 5.74) is 0.272. The van der Waals surface area contributed by atoms with Gasteiger partial charge in [-0.25, -0.2) is 4.98 Å². The second-order valence-corrected chi connectivity index (χ2v) is 11.0. The molecule has 1 aliphatic rings. The maximum Gasteiger partial charge on any atom is 0.416 e. The van der Waals surface area contributed by atoms with Crippen LogP contribution in [0.1, 0.15) is 42.0 Å². The van der Waals surface area contributed by atoms with Gasteiger partial charge in [0.15, 0.2) is 0 Å². The van der Waals surface area contributed by atoms with Gasteiger partial charge in [0.2, 0.25) is 0 Å². The van der Waals surface area contributed by atoms with Crippen LogP contribution in [0.3, 0.4) is 0 Å². The van der Waals surface area contributed by atoms with Crippen molar-refractivity contribution >= 4 is 46.0 Å². The molecule has 1 saturated heterocycles. The van der Waals surface area contributed by atoms with Crippen LogP contribution in [0.15, 0.2) is 47.0 Å². The van der Waals surface area contributed by atoms with Gasteiger partial charge in [-0.2, -0.15) is 18.2 Å². The molecular formula is C28H26Cl2F3N5O2. The quantitative estimate of drug-likeness (QED) is 0.245. The predicted molar refractivity (Wildman–Crippen MR) is 148 cm³/mol. The fourth-order valence-corrected chi connectivity index (χ4v) is 5.26. The van der Waals surface area contributed by atoms with Crippen LogP contribution in [-0.2, 0) is 12.6 Å². The lowest BCUT2D eigenvalue weighted by Crippen LogP contribution is -2.35. The van der Waals surface area contributed by atoms with Crippen molar-refractivity contribution < 1.29 is 22.5 Å². The zero-order chi connectivity index (χ0) is 28.6. The monoisotopic (exact) mass is 591 g/mol. The number of nitrogens with zero attached hydrogens (tertiary/aromatic N) is 5. The number of hydrogen-bond donors (Lipinski definition) is 0. The maximum absolute atomic E-state index is 13.5. The standard InChI is InChI=1S/C28H26Cl2F3N5O2/c1-16(2)13-22-34-25(23-24(36-40-26(23)35-22)17-5-3-6-18(14-17)28(31,32)33)37-9-4-10-38(12-11-37)27(39)20-8-7-19(29)15-21(20)30/h3,5-8,14-16H,4,9-13H2,1-2H3. The molecule has 12 heteroatoms. The van der Waals surface area contributed by atoms with Crippen LogP contribution in [-0.4, -0.2) is 52.1 Å². The number of amides is 1. The normalized spacial score (nSPS) is 14.7. The molecule has 4 aromatic rings. The molecule has 1 amide bonds. The zero-order valence-corrected chi connectivity index (χ0v) is 23.3. The van der Waals surface area contributed by atoms with E-state index in [1.165, 1.54) is 12.1 Å². The molecular weight excluding hydrogens is 566 g/mol. The molecule has 1 fully saturated rings. The first-order valence-electron chi connectivity index (χ1n) is 12.8. The van der Waals surface area contributed by atoms with Gasteiger partial charge >= 0.3 is 6.18 Å². The number of benzene rings is 2. The van der Waals surface area contributed by atoms with Crippen molar-refractivity contribution in [3.8, 4) is 11.3 Å². The highest BCUT2D eigenvalue weighted by Crippen LogP contribution is 2.37. The molecule has 40 heavy (non-hydrogen) atoms. The van der Waals surface area contributed by atoms with Crippen LogP contribution in [0.4, 0.5) is 19.0 Å². The molecule has 3 heterocycles. The number of anilines is 1. The molecule has 0 aliphatic carbocycles. The Hall–Kier alpha value is -3.37. The third-order valence-electron chi connectivity index (χ3n) is 6.66. The van der Waals surface area contributed by atoms with Gasteiger partial charge < -0.3 is 14.3 Å². The number of alkyl halides is 3. The van der Waals surface area contributed by atoms with Crippen LogP contribution in [0.2, 0.25) is 10.0 Å². The molecule has 2 aromatic carbocycles. The average molecular weight is 592 g/mol. The molecule has 0 radical (unpaired) electrons. The summed E-state index contributed by atoms with van der Waals surface area (Å²) in [5.74, 6) is 1.13. The second-order valence-electron chi connectivity index (χ2n) is 10.1. The first-order chi connectivity index (χ1) is 19.0. The summed E-state index contributed by atoms with van der Waals surface area (Å²) < 4.78 is 45.9. The van der Waals surface area contributed by atoms with Crippen molar-refractivity contribution in [2.75, 3.05) is 31.1 Å². The number of carbonyl (C=O) groups excluding carboxylic acids is 1.